The van der Waals surface area contributed by atoms with Crippen LogP contribution in [-0.4, -0.2) is 42.5 Å². The van der Waals surface area contributed by atoms with Gasteiger partial charge in [-0.2, -0.15) is 5.10 Å². The molecule has 1 fully saturated rings. The molecule has 0 aliphatic carbocycles. The number of carboxylic acids is 1. The van der Waals surface area contributed by atoms with Crippen molar-refractivity contribution in [3.63, 3.8) is 0 Å². The van der Waals surface area contributed by atoms with E-state index in [0.717, 1.165) is 6.42 Å². The number of nitrogens with zero attached hydrogens (tertiary/aromatic N) is 2. The number of hydrogen-bond acceptors (Lipinski definition) is 5. The van der Waals surface area contributed by atoms with E-state index in [1.165, 1.54) is 31.3 Å². The first-order chi connectivity index (χ1) is 11.8. The van der Waals surface area contributed by atoms with Gasteiger partial charge in [0, 0.05) is 6.61 Å². The zero-order valence-electron chi connectivity index (χ0n) is 13.9. The lowest BCUT2D eigenvalue weighted by Gasteiger charge is -2.13. The number of ether oxygens (including phenoxy) is 1. The minimum absolute atomic E-state index is 0.0432. The molecule has 0 bridgehead atoms. The molecule has 134 valence electrons. The van der Waals surface area contributed by atoms with Crippen LogP contribution in [0.1, 0.15) is 34.1 Å². The van der Waals surface area contributed by atoms with Gasteiger partial charge in [-0.1, -0.05) is 6.07 Å². The van der Waals surface area contributed by atoms with Gasteiger partial charge in [-0.15, -0.1) is 0 Å². The average molecular weight is 365 g/mol. The highest BCUT2D eigenvalue weighted by atomic mass is 32.2. The van der Waals surface area contributed by atoms with Gasteiger partial charge in [-0.3, -0.25) is 9.40 Å². The van der Waals surface area contributed by atoms with Crippen LogP contribution in [0.25, 0.3) is 0 Å². The van der Waals surface area contributed by atoms with E-state index in [1.807, 2.05) is 0 Å². The molecule has 1 aliphatic rings. The van der Waals surface area contributed by atoms with Gasteiger partial charge in [-0.25, -0.2) is 13.2 Å². The van der Waals surface area contributed by atoms with Gasteiger partial charge in [0.25, 0.3) is 10.0 Å². The summed E-state index contributed by atoms with van der Waals surface area (Å²) in [6.45, 7) is 4.47. The Labute approximate surface area is 145 Å². The fourth-order valence-electron chi connectivity index (χ4n) is 2.94. The maximum Gasteiger partial charge on any atom is 0.335 e. The zero-order chi connectivity index (χ0) is 18.2. The Morgan fingerprint density at radius 2 is 2.16 bits per heavy atom. The number of carboxylic acid groups (broad SMARTS) is 1. The van der Waals surface area contributed by atoms with E-state index in [2.05, 4.69) is 9.82 Å². The molecule has 1 unspecified atom stereocenters. The molecule has 1 aliphatic heterocycles. The fourth-order valence-corrected chi connectivity index (χ4v) is 4.31. The van der Waals surface area contributed by atoms with Gasteiger partial charge in [-0.05, 0) is 38.0 Å². The first-order valence-corrected chi connectivity index (χ1v) is 9.27. The summed E-state index contributed by atoms with van der Waals surface area (Å²) in [7, 11) is -3.93. The van der Waals surface area contributed by atoms with E-state index in [0.29, 0.717) is 24.6 Å². The van der Waals surface area contributed by atoms with E-state index in [-0.39, 0.29) is 22.1 Å². The SMILES string of the molecule is Cc1c(C(=O)O)cccc1S(=O)(=O)Nc1cnn(C2CCOC2)c1C. The number of aromatic nitrogens is 2. The van der Waals surface area contributed by atoms with Crippen LogP contribution in [-0.2, 0) is 14.8 Å². The molecule has 1 aromatic carbocycles. The molecule has 3 rings (SSSR count). The lowest BCUT2D eigenvalue weighted by atomic mass is 10.1. The summed E-state index contributed by atoms with van der Waals surface area (Å²) in [5, 5.41) is 13.4. The normalized spacial score (nSPS) is 17.6. The Balaban J connectivity index is 1.93. The van der Waals surface area contributed by atoms with Crippen LogP contribution in [0.4, 0.5) is 5.69 Å². The van der Waals surface area contributed by atoms with Crippen molar-refractivity contribution in [2.24, 2.45) is 0 Å². The summed E-state index contributed by atoms with van der Waals surface area (Å²) in [6, 6.07) is 4.27. The van der Waals surface area contributed by atoms with E-state index in [9.17, 15) is 18.3 Å². The quantitative estimate of drug-likeness (QED) is 0.838. The Morgan fingerprint density at radius 3 is 2.80 bits per heavy atom. The first kappa shape index (κ1) is 17.4. The highest BCUT2D eigenvalue weighted by molar-refractivity contribution is 7.92. The monoisotopic (exact) mass is 365 g/mol. The maximum absolute atomic E-state index is 12.7. The zero-order valence-corrected chi connectivity index (χ0v) is 14.7. The van der Waals surface area contributed by atoms with E-state index >= 15 is 0 Å². The molecular formula is C16H19N3O5S. The molecule has 2 heterocycles. The van der Waals surface area contributed by atoms with Crippen molar-refractivity contribution in [1.29, 1.82) is 0 Å². The van der Waals surface area contributed by atoms with Crippen LogP contribution in [0.15, 0.2) is 29.3 Å². The third-order valence-electron chi connectivity index (χ3n) is 4.34. The van der Waals surface area contributed by atoms with E-state index in [1.54, 1.807) is 11.6 Å². The molecule has 0 saturated carbocycles. The lowest BCUT2D eigenvalue weighted by molar-refractivity contribution is 0.0696. The predicted octanol–water partition coefficient (Wildman–Crippen LogP) is 1.96. The summed E-state index contributed by atoms with van der Waals surface area (Å²) in [4.78, 5) is 11.2. The average Bonchev–Trinajstić information content (AvgIpc) is 3.17. The molecule has 1 atom stereocenters. The standard InChI is InChI=1S/C16H19N3O5S/c1-10-13(16(20)21)4-3-5-15(10)25(22,23)18-14-8-17-19(11(14)2)12-6-7-24-9-12/h3-5,8,12,18H,6-7,9H2,1-2H3,(H,20,21). The van der Waals surface area contributed by atoms with Crippen molar-refractivity contribution >= 4 is 21.7 Å². The van der Waals surface area contributed by atoms with Crippen molar-refractivity contribution in [3.8, 4) is 0 Å². The van der Waals surface area contributed by atoms with Gasteiger partial charge in [0.2, 0.25) is 0 Å². The number of benzene rings is 1. The van der Waals surface area contributed by atoms with Crippen LogP contribution < -0.4 is 4.72 Å². The molecule has 0 spiro atoms. The van der Waals surface area contributed by atoms with Crippen LogP contribution in [0, 0.1) is 13.8 Å². The second-order valence-corrected chi connectivity index (χ2v) is 7.60. The van der Waals surface area contributed by atoms with Crippen LogP contribution in [0.2, 0.25) is 0 Å². The molecule has 25 heavy (non-hydrogen) atoms. The molecule has 2 N–H and O–H groups in total. The topological polar surface area (TPSA) is 111 Å². The number of nitrogens with one attached hydrogen (secondary N) is 1. The lowest BCUT2D eigenvalue weighted by Crippen LogP contribution is -2.17. The predicted molar refractivity (Wildman–Crippen MR) is 90.4 cm³/mol. The number of carbonyl (C=O) groups is 1. The van der Waals surface area contributed by atoms with Crippen molar-refractivity contribution in [2.45, 2.75) is 31.2 Å². The smallest absolute Gasteiger partial charge is 0.335 e. The van der Waals surface area contributed by atoms with Gasteiger partial charge >= 0.3 is 5.97 Å². The summed E-state index contributed by atoms with van der Waals surface area (Å²) in [5.41, 5.74) is 1.20. The minimum atomic E-state index is -3.93. The van der Waals surface area contributed by atoms with Crippen molar-refractivity contribution in [3.05, 3.63) is 41.2 Å². The molecule has 1 aromatic heterocycles. The van der Waals surface area contributed by atoms with E-state index < -0.39 is 16.0 Å². The van der Waals surface area contributed by atoms with Gasteiger partial charge in [0.15, 0.2) is 0 Å². The second-order valence-electron chi connectivity index (χ2n) is 5.94. The molecule has 1 saturated heterocycles. The maximum atomic E-state index is 12.7. The summed E-state index contributed by atoms with van der Waals surface area (Å²) in [6.07, 6.45) is 2.29. The summed E-state index contributed by atoms with van der Waals surface area (Å²) < 4.78 is 35.0. The van der Waals surface area contributed by atoms with Crippen LogP contribution in [0.3, 0.4) is 0 Å². The summed E-state index contributed by atoms with van der Waals surface area (Å²) in [5.74, 6) is -1.17. The largest absolute Gasteiger partial charge is 0.478 e. The van der Waals surface area contributed by atoms with Crippen LogP contribution in [0.5, 0.6) is 0 Å². The fraction of sp³-hybridized carbons (Fsp3) is 0.375. The molecule has 2 aromatic rings. The molecule has 0 radical (unpaired) electrons. The minimum Gasteiger partial charge on any atom is -0.478 e. The van der Waals surface area contributed by atoms with Crippen molar-refractivity contribution < 1.29 is 23.1 Å². The van der Waals surface area contributed by atoms with Crippen molar-refractivity contribution in [1.82, 2.24) is 9.78 Å². The Bertz CT molecular complexity index is 914. The molecular weight excluding hydrogens is 346 g/mol. The van der Waals surface area contributed by atoms with Crippen LogP contribution >= 0.6 is 0 Å². The Kier molecular flexibility index (Phi) is 4.53. The highest BCUT2D eigenvalue weighted by Gasteiger charge is 2.25. The Morgan fingerprint density at radius 1 is 1.40 bits per heavy atom. The second kappa shape index (κ2) is 6.49. The van der Waals surface area contributed by atoms with Crippen molar-refractivity contribution in [2.75, 3.05) is 17.9 Å². The molecule has 8 nitrogen and oxygen atoms in total. The Hall–Kier alpha value is -2.39. The van der Waals surface area contributed by atoms with Gasteiger partial charge < -0.3 is 9.84 Å². The summed E-state index contributed by atoms with van der Waals surface area (Å²) >= 11 is 0. The highest BCUT2D eigenvalue weighted by Crippen LogP contribution is 2.27. The van der Waals surface area contributed by atoms with Gasteiger partial charge in [0.1, 0.15) is 0 Å². The number of anilines is 1. The number of aromatic carboxylic acids is 1. The molecule has 0 amide bonds. The first-order valence-electron chi connectivity index (χ1n) is 7.79. The van der Waals surface area contributed by atoms with Gasteiger partial charge in [0.05, 0.1) is 40.7 Å². The van der Waals surface area contributed by atoms with E-state index in [4.69, 9.17) is 4.74 Å². The third-order valence-corrected chi connectivity index (χ3v) is 5.85. The molecule has 9 heteroatoms. The third kappa shape index (κ3) is 3.24. The number of sulfonamides is 1. The number of hydrogen-bond donors (Lipinski definition) is 2. The number of rotatable bonds is 5.